The van der Waals surface area contributed by atoms with Gasteiger partial charge in [-0.3, -0.25) is 9.38 Å². The SMILES string of the molecule is CCOc1cccc(-c2cc3nccn3c(NCCCc3ccc(C#N)cn3)n2)c1. The number of anilines is 1. The van der Waals surface area contributed by atoms with Crippen molar-refractivity contribution in [2.45, 2.75) is 19.8 Å². The predicted molar refractivity (Wildman–Crippen MR) is 115 cm³/mol. The van der Waals surface area contributed by atoms with Crippen molar-refractivity contribution in [2.75, 3.05) is 18.5 Å². The van der Waals surface area contributed by atoms with Crippen LogP contribution < -0.4 is 10.1 Å². The third-order valence-electron chi connectivity index (χ3n) is 4.68. The zero-order valence-corrected chi connectivity index (χ0v) is 16.7. The molecule has 0 bridgehead atoms. The third-order valence-corrected chi connectivity index (χ3v) is 4.68. The Morgan fingerprint density at radius 1 is 1.17 bits per heavy atom. The number of nitrogens with one attached hydrogen (secondary N) is 1. The predicted octanol–water partition coefficient (Wildman–Crippen LogP) is 4.11. The smallest absolute Gasteiger partial charge is 0.209 e. The van der Waals surface area contributed by atoms with Gasteiger partial charge in [0.15, 0.2) is 0 Å². The number of imidazole rings is 1. The molecule has 4 rings (SSSR count). The van der Waals surface area contributed by atoms with E-state index in [1.807, 2.05) is 53.9 Å². The van der Waals surface area contributed by atoms with E-state index in [1.165, 1.54) is 0 Å². The molecule has 0 spiro atoms. The molecule has 0 saturated carbocycles. The number of nitriles is 1. The number of ether oxygens (including phenoxy) is 1. The van der Waals surface area contributed by atoms with Crippen LogP contribution in [0.4, 0.5) is 5.95 Å². The molecule has 30 heavy (non-hydrogen) atoms. The molecule has 150 valence electrons. The summed E-state index contributed by atoms with van der Waals surface area (Å²) < 4.78 is 7.56. The van der Waals surface area contributed by atoms with E-state index >= 15 is 0 Å². The lowest BCUT2D eigenvalue weighted by Crippen LogP contribution is -2.09. The van der Waals surface area contributed by atoms with Crippen LogP contribution in [-0.2, 0) is 6.42 Å². The van der Waals surface area contributed by atoms with E-state index in [1.54, 1.807) is 18.5 Å². The van der Waals surface area contributed by atoms with Gasteiger partial charge in [-0.15, -0.1) is 0 Å². The monoisotopic (exact) mass is 398 g/mol. The van der Waals surface area contributed by atoms with Crippen molar-refractivity contribution in [3.8, 4) is 23.1 Å². The van der Waals surface area contributed by atoms with E-state index in [0.717, 1.165) is 53.7 Å². The summed E-state index contributed by atoms with van der Waals surface area (Å²) in [5.74, 6) is 1.57. The fourth-order valence-corrected chi connectivity index (χ4v) is 3.22. The molecule has 1 aromatic carbocycles. The lowest BCUT2D eigenvalue weighted by atomic mass is 10.1. The van der Waals surface area contributed by atoms with Crippen molar-refractivity contribution in [1.29, 1.82) is 5.26 Å². The van der Waals surface area contributed by atoms with Gasteiger partial charge in [0.2, 0.25) is 5.95 Å². The van der Waals surface area contributed by atoms with E-state index < -0.39 is 0 Å². The molecule has 3 heterocycles. The molecule has 0 aliphatic carbocycles. The lowest BCUT2D eigenvalue weighted by Gasteiger charge is -2.11. The highest BCUT2D eigenvalue weighted by Crippen LogP contribution is 2.25. The summed E-state index contributed by atoms with van der Waals surface area (Å²) in [4.78, 5) is 13.6. The van der Waals surface area contributed by atoms with Gasteiger partial charge in [0.05, 0.1) is 17.9 Å². The zero-order valence-electron chi connectivity index (χ0n) is 16.7. The molecular formula is C23H22N6O. The summed E-state index contributed by atoms with van der Waals surface area (Å²) in [7, 11) is 0. The molecule has 0 unspecified atom stereocenters. The average molecular weight is 398 g/mol. The Morgan fingerprint density at radius 2 is 2.10 bits per heavy atom. The second-order valence-corrected chi connectivity index (χ2v) is 6.76. The Kier molecular flexibility index (Phi) is 5.85. The van der Waals surface area contributed by atoms with Crippen molar-refractivity contribution in [1.82, 2.24) is 19.4 Å². The van der Waals surface area contributed by atoms with Crippen LogP contribution in [0.5, 0.6) is 5.75 Å². The highest BCUT2D eigenvalue weighted by atomic mass is 16.5. The van der Waals surface area contributed by atoms with Crippen LogP contribution >= 0.6 is 0 Å². The maximum Gasteiger partial charge on any atom is 0.209 e. The number of pyridine rings is 1. The summed E-state index contributed by atoms with van der Waals surface area (Å²) >= 11 is 0. The van der Waals surface area contributed by atoms with Crippen LogP contribution in [0.3, 0.4) is 0 Å². The molecule has 0 aliphatic rings. The normalized spacial score (nSPS) is 10.7. The molecule has 0 amide bonds. The molecule has 4 aromatic rings. The summed E-state index contributed by atoms with van der Waals surface area (Å²) in [5.41, 5.74) is 4.20. The molecule has 7 heteroatoms. The number of rotatable bonds is 8. The van der Waals surface area contributed by atoms with Crippen LogP contribution in [0.2, 0.25) is 0 Å². The Bertz CT molecular complexity index is 1180. The molecule has 0 aliphatic heterocycles. The molecule has 1 N–H and O–H groups in total. The van der Waals surface area contributed by atoms with Crippen LogP contribution in [-0.4, -0.2) is 32.5 Å². The highest BCUT2D eigenvalue weighted by molar-refractivity contribution is 5.67. The van der Waals surface area contributed by atoms with Gasteiger partial charge in [-0.1, -0.05) is 12.1 Å². The molecule has 3 aromatic heterocycles. The van der Waals surface area contributed by atoms with Gasteiger partial charge in [0, 0.05) is 42.5 Å². The zero-order chi connectivity index (χ0) is 20.8. The van der Waals surface area contributed by atoms with Crippen molar-refractivity contribution in [2.24, 2.45) is 0 Å². The Labute approximate surface area is 175 Å². The van der Waals surface area contributed by atoms with E-state index in [-0.39, 0.29) is 0 Å². The molecule has 0 atom stereocenters. The minimum atomic E-state index is 0.578. The summed E-state index contributed by atoms with van der Waals surface area (Å²) in [6.07, 6.45) is 6.98. The molecule has 7 nitrogen and oxygen atoms in total. The quantitative estimate of drug-likeness (QED) is 0.450. The van der Waals surface area contributed by atoms with Gasteiger partial charge in [0.1, 0.15) is 17.5 Å². The minimum Gasteiger partial charge on any atom is -0.494 e. The standard InChI is InChI=1S/C23H22N6O/c1-2-30-20-7-3-5-18(13-20)21-14-22-25-11-12-29(22)23(28-21)26-10-4-6-19-9-8-17(15-24)16-27-19/h3,5,7-9,11-14,16H,2,4,6,10H2,1H3,(H,26,28). The van der Waals surface area contributed by atoms with Gasteiger partial charge in [-0.2, -0.15) is 5.26 Å². The van der Waals surface area contributed by atoms with Gasteiger partial charge >= 0.3 is 0 Å². The Morgan fingerprint density at radius 3 is 2.90 bits per heavy atom. The van der Waals surface area contributed by atoms with E-state index in [4.69, 9.17) is 15.0 Å². The van der Waals surface area contributed by atoms with Crippen LogP contribution in [0.1, 0.15) is 24.6 Å². The summed E-state index contributed by atoms with van der Waals surface area (Å²) in [5, 5.41) is 12.3. The average Bonchev–Trinajstić information content (AvgIpc) is 3.26. The van der Waals surface area contributed by atoms with E-state index in [2.05, 4.69) is 21.4 Å². The van der Waals surface area contributed by atoms with Gasteiger partial charge < -0.3 is 10.1 Å². The van der Waals surface area contributed by atoms with Gasteiger partial charge in [0.25, 0.3) is 0 Å². The topological polar surface area (TPSA) is 88.1 Å². The number of aryl methyl sites for hydroxylation is 1. The van der Waals surface area contributed by atoms with Crippen molar-refractivity contribution >= 4 is 11.6 Å². The van der Waals surface area contributed by atoms with Gasteiger partial charge in [-0.25, -0.2) is 9.97 Å². The maximum absolute atomic E-state index is 8.86. The van der Waals surface area contributed by atoms with E-state index in [9.17, 15) is 0 Å². The van der Waals surface area contributed by atoms with Crippen LogP contribution in [0, 0.1) is 11.3 Å². The second-order valence-electron chi connectivity index (χ2n) is 6.76. The number of fused-ring (bicyclic) bond motifs is 1. The van der Waals surface area contributed by atoms with Crippen molar-refractivity contribution < 1.29 is 4.74 Å². The number of hydrogen-bond acceptors (Lipinski definition) is 6. The second kappa shape index (κ2) is 9.05. The van der Waals surface area contributed by atoms with Crippen molar-refractivity contribution in [3.63, 3.8) is 0 Å². The first-order valence-electron chi connectivity index (χ1n) is 9.93. The molecule has 0 fully saturated rings. The summed E-state index contributed by atoms with van der Waals surface area (Å²) in [6.45, 7) is 3.33. The Hall–Kier alpha value is -3.92. The fourth-order valence-electron chi connectivity index (χ4n) is 3.22. The fraction of sp³-hybridized carbons (Fsp3) is 0.217. The van der Waals surface area contributed by atoms with E-state index in [0.29, 0.717) is 12.2 Å². The molecular weight excluding hydrogens is 376 g/mol. The maximum atomic E-state index is 8.86. The molecule has 0 radical (unpaired) electrons. The van der Waals surface area contributed by atoms with Gasteiger partial charge in [-0.05, 0) is 44.0 Å². The number of nitrogens with zero attached hydrogens (tertiary/aromatic N) is 5. The third kappa shape index (κ3) is 4.39. The number of benzene rings is 1. The minimum absolute atomic E-state index is 0.578. The summed E-state index contributed by atoms with van der Waals surface area (Å²) in [6, 6.07) is 15.7. The number of aromatic nitrogens is 4. The largest absolute Gasteiger partial charge is 0.494 e. The first-order chi connectivity index (χ1) is 14.8. The first kappa shape index (κ1) is 19.4. The highest BCUT2D eigenvalue weighted by Gasteiger charge is 2.09. The van der Waals surface area contributed by atoms with Crippen LogP contribution in [0.25, 0.3) is 16.9 Å². The lowest BCUT2D eigenvalue weighted by molar-refractivity contribution is 0.340. The first-order valence-corrected chi connectivity index (χ1v) is 9.93. The van der Waals surface area contributed by atoms with Crippen LogP contribution in [0.15, 0.2) is 61.1 Å². The van der Waals surface area contributed by atoms with Crippen molar-refractivity contribution in [3.05, 3.63) is 72.3 Å². The Balaban J connectivity index is 1.48. The molecule has 0 saturated heterocycles. The number of hydrogen-bond donors (Lipinski definition) is 1.